The molecule has 5 nitrogen and oxygen atoms in total. The highest BCUT2D eigenvalue weighted by atomic mass is 16.1. The molecule has 3 aromatic rings. The zero-order valence-electron chi connectivity index (χ0n) is 12.1. The summed E-state index contributed by atoms with van der Waals surface area (Å²) in [6.07, 6.45) is 6.39. The molecule has 0 unspecified atom stereocenters. The summed E-state index contributed by atoms with van der Waals surface area (Å²) in [6, 6.07) is 5.99. The van der Waals surface area contributed by atoms with Gasteiger partial charge in [0.1, 0.15) is 11.3 Å². The van der Waals surface area contributed by atoms with Gasteiger partial charge in [-0.05, 0) is 37.1 Å². The average molecular weight is 286 g/mol. The Morgan fingerprint density at radius 3 is 3.10 bits per heavy atom. The molecular formula is C16H22N4O. The number of carbonyl (C=O) groups is 1. The molecule has 0 saturated heterocycles. The second kappa shape index (κ2) is 5.44. The van der Waals surface area contributed by atoms with E-state index in [2.05, 4.69) is 20.3 Å². The van der Waals surface area contributed by atoms with Crippen LogP contribution < -0.4 is 5.32 Å². The van der Waals surface area contributed by atoms with Gasteiger partial charge in [0.25, 0.3) is 5.91 Å². The summed E-state index contributed by atoms with van der Waals surface area (Å²) in [7, 11) is 0. The van der Waals surface area contributed by atoms with E-state index in [-0.39, 0.29) is 14.8 Å². The number of hydrogen-bond donors (Lipinski definition) is 3. The first-order valence-corrected chi connectivity index (χ1v) is 7.10. The van der Waals surface area contributed by atoms with Gasteiger partial charge in [-0.1, -0.05) is 6.92 Å². The number of carbonyl (C=O) groups excluding carboxylic acids is 1. The summed E-state index contributed by atoms with van der Waals surface area (Å²) in [5.74, 6) is -0.0741. The number of nitrogens with one attached hydrogen (secondary N) is 3. The minimum absolute atomic E-state index is 0. The smallest absolute Gasteiger partial charge is 0.267 e. The van der Waals surface area contributed by atoms with E-state index in [4.69, 9.17) is 0 Å². The van der Waals surface area contributed by atoms with Crippen LogP contribution in [0.5, 0.6) is 0 Å². The first kappa shape index (κ1) is 13.4. The van der Waals surface area contributed by atoms with Gasteiger partial charge in [0.05, 0.1) is 0 Å². The molecule has 1 atom stereocenters. The minimum atomic E-state index is -0.0741. The zero-order valence-corrected chi connectivity index (χ0v) is 12.1. The van der Waals surface area contributed by atoms with Crippen molar-refractivity contribution in [2.24, 2.45) is 0 Å². The summed E-state index contributed by atoms with van der Waals surface area (Å²) in [4.78, 5) is 22.5. The molecule has 1 amide bonds. The minimum Gasteiger partial charge on any atom is -0.357 e. The number of fused-ring (bicyclic) bond motifs is 1. The molecule has 0 bridgehead atoms. The van der Waals surface area contributed by atoms with E-state index in [0.29, 0.717) is 5.69 Å². The number of rotatable bonds is 4. The molecule has 0 radical (unpaired) electrons. The molecule has 0 spiro atoms. The Bertz CT molecular complexity index is 781. The van der Waals surface area contributed by atoms with Gasteiger partial charge in [-0.25, -0.2) is 4.98 Å². The Labute approximate surface area is 125 Å². The molecule has 3 N–H and O–H groups in total. The molecule has 0 aromatic carbocycles. The monoisotopic (exact) mass is 286 g/mol. The molecule has 112 valence electrons. The van der Waals surface area contributed by atoms with Gasteiger partial charge < -0.3 is 15.3 Å². The third-order valence-electron chi connectivity index (χ3n) is 3.69. The van der Waals surface area contributed by atoms with Gasteiger partial charge in [0.15, 0.2) is 0 Å². The molecular weight excluding hydrogens is 264 g/mol. The maximum absolute atomic E-state index is 12.1. The van der Waals surface area contributed by atoms with E-state index in [1.165, 1.54) is 0 Å². The average Bonchev–Trinajstić information content (AvgIpc) is 3.15. The third kappa shape index (κ3) is 2.54. The van der Waals surface area contributed by atoms with Crippen LogP contribution in [0.1, 0.15) is 33.6 Å². The van der Waals surface area contributed by atoms with Crippen LogP contribution in [0, 0.1) is 0 Å². The van der Waals surface area contributed by atoms with Crippen LogP contribution in [0.2, 0.25) is 0 Å². The second-order valence-electron chi connectivity index (χ2n) is 5.18. The Kier molecular flexibility index (Phi) is 3.48. The normalized spacial score (nSPS) is 12.5. The van der Waals surface area contributed by atoms with Gasteiger partial charge in [-0.15, -0.1) is 0 Å². The summed E-state index contributed by atoms with van der Waals surface area (Å²) in [6.45, 7) is 4.04. The summed E-state index contributed by atoms with van der Waals surface area (Å²) in [5, 5.41) is 4.00. The second-order valence-corrected chi connectivity index (χ2v) is 5.18. The predicted octanol–water partition coefficient (Wildman–Crippen LogP) is 3.58. The maximum Gasteiger partial charge on any atom is 0.267 e. The summed E-state index contributed by atoms with van der Waals surface area (Å²) >= 11 is 0. The number of aromatic amines is 2. The lowest BCUT2D eigenvalue weighted by molar-refractivity contribution is 0.0935. The van der Waals surface area contributed by atoms with Gasteiger partial charge in [0.2, 0.25) is 0 Å². The van der Waals surface area contributed by atoms with Crippen LogP contribution >= 0.6 is 0 Å². The molecule has 3 rings (SSSR count). The number of amides is 1. The van der Waals surface area contributed by atoms with Gasteiger partial charge in [-0.2, -0.15) is 0 Å². The highest BCUT2D eigenvalue weighted by molar-refractivity contribution is 5.97. The van der Waals surface area contributed by atoms with Crippen molar-refractivity contribution >= 4 is 16.9 Å². The molecule has 3 aromatic heterocycles. The Balaban J connectivity index is 0.00000132. The molecule has 21 heavy (non-hydrogen) atoms. The van der Waals surface area contributed by atoms with Gasteiger partial charge in [-0.3, -0.25) is 4.79 Å². The number of pyridine rings is 1. The lowest BCUT2D eigenvalue weighted by Crippen LogP contribution is -2.32. The largest absolute Gasteiger partial charge is 0.357 e. The van der Waals surface area contributed by atoms with Crippen LogP contribution in [0.3, 0.4) is 0 Å². The summed E-state index contributed by atoms with van der Waals surface area (Å²) < 4.78 is 0. The fraction of sp³-hybridized carbons (Fsp3) is 0.250. The predicted molar refractivity (Wildman–Crippen MR) is 87.3 cm³/mol. The highest BCUT2D eigenvalue weighted by Gasteiger charge is 2.13. The van der Waals surface area contributed by atoms with Crippen molar-refractivity contribution in [3.63, 3.8) is 0 Å². The van der Waals surface area contributed by atoms with Crippen molar-refractivity contribution in [3.05, 3.63) is 42.5 Å². The molecule has 0 aliphatic rings. The van der Waals surface area contributed by atoms with E-state index in [1.807, 2.05) is 44.4 Å². The zero-order chi connectivity index (χ0) is 14.8. The number of H-pyrrole nitrogens is 2. The highest BCUT2D eigenvalue weighted by Crippen LogP contribution is 2.27. The number of hydrogen-bond acceptors (Lipinski definition) is 2. The number of nitrogens with zero attached hydrogens (tertiary/aromatic N) is 1. The van der Waals surface area contributed by atoms with Crippen LogP contribution in [-0.4, -0.2) is 26.9 Å². The van der Waals surface area contributed by atoms with Crippen molar-refractivity contribution < 1.29 is 7.65 Å². The molecule has 0 saturated carbocycles. The van der Waals surface area contributed by atoms with E-state index < -0.39 is 0 Å². The molecule has 3 heterocycles. The van der Waals surface area contributed by atoms with E-state index in [0.717, 1.165) is 28.6 Å². The standard InChI is InChI=1S/C16H18N4O.2H2/c1-3-10(2)20-16(21)14-8-11(9-19-14)12-4-6-17-15-13(12)5-7-18-15;;/h4-10,19H,3H2,1-2H3,(H,17,18)(H,20,21);2*1H/t10-;;/m0../s1. The van der Waals surface area contributed by atoms with Crippen LogP contribution in [0.4, 0.5) is 0 Å². The summed E-state index contributed by atoms with van der Waals surface area (Å²) in [5.41, 5.74) is 3.46. The van der Waals surface area contributed by atoms with Crippen LogP contribution in [0.15, 0.2) is 36.8 Å². The van der Waals surface area contributed by atoms with Crippen LogP contribution in [-0.2, 0) is 0 Å². The van der Waals surface area contributed by atoms with Crippen molar-refractivity contribution in [1.82, 2.24) is 20.3 Å². The first-order valence-electron chi connectivity index (χ1n) is 7.10. The van der Waals surface area contributed by atoms with Gasteiger partial charge in [0, 0.05) is 38.4 Å². The van der Waals surface area contributed by atoms with Crippen molar-refractivity contribution in [1.29, 1.82) is 0 Å². The molecule has 0 fully saturated rings. The van der Waals surface area contributed by atoms with Crippen LogP contribution in [0.25, 0.3) is 22.2 Å². The van der Waals surface area contributed by atoms with Crippen molar-refractivity contribution in [3.8, 4) is 11.1 Å². The van der Waals surface area contributed by atoms with Crippen molar-refractivity contribution in [2.45, 2.75) is 26.3 Å². The lowest BCUT2D eigenvalue weighted by Gasteiger charge is -2.09. The topological polar surface area (TPSA) is 73.6 Å². The fourth-order valence-corrected chi connectivity index (χ4v) is 2.30. The van der Waals surface area contributed by atoms with E-state index in [1.54, 1.807) is 6.20 Å². The SMILES string of the molecule is CC[C@H](C)NC(=O)c1cc(-c2ccnc3[nH]ccc23)c[nH]1.[HH].[HH]. The molecule has 0 aliphatic heterocycles. The quantitative estimate of drug-likeness (QED) is 0.686. The Morgan fingerprint density at radius 2 is 2.29 bits per heavy atom. The fourth-order valence-electron chi connectivity index (χ4n) is 2.30. The number of aromatic nitrogens is 3. The third-order valence-corrected chi connectivity index (χ3v) is 3.69. The van der Waals surface area contributed by atoms with Crippen molar-refractivity contribution in [2.75, 3.05) is 0 Å². The van der Waals surface area contributed by atoms with E-state index in [9.17, 15) is 4.79 Å². The first-order chi connectivity index (χ1) is 10.2. The molecule has 5 heteroatoms. The Morgan fingerprint density at radius 1 is 1.43 bits per heavy atom. The van der Waals surface area contributed by atoms with E-state index >= 15 is 0 Å². The maximum atomic E-state index is 12.1. The van der Waals surface area contributed by atoms with Gasteiger partial charge >= 0.3 is 0 Å². The lowest BCUT2D eigenvalue weighted by atomic mass is 10.1. The molecule has 0 aliphatic carbocycles. The Hall–Kier alpha value is -2.56.